The summed E-state index contributed by atoms with van der Waals surface area (Å²) in [5.74, 6) is 0. The lowest BCUT2D eigenvalue weighted by atomic mass is 9.80. The van der Waals surface area contributed by atoms with Crippen LogP contribution in [0.4, 0.5) is 0 Å². The Kier molecular flexibility index (Phi) is 6.97. The summed E-state index contributed by atoms with van der Waals surface area (Å²) in [5, 5.41) is 11.7. The van der Waals surface area contributed by atoms with Gasteiger partial charge < -0.3 is 5.11 Å². The highest BCUT2D eigenvalue weighted by molar-refractivity contribution is 5.47. The fraction of sp³-hybridized carbons (Fsp3) is 0.250. The zero-order valence-electron chi connectivity index (χ0n) is 15.4. The fourth-order valence-electron chi connectivity index (χ4n) is 3.10. The molecule has 0 atom stereocenters. The Labute approximate surface area is 152 Å². The minimum absolute atomic E-state index is 0.889. The Morgan fingerprint density at radius 1 is 0.680 bits per heavy atom. The van der Waals surface area contributed by atoms with Gasteiger partial charge in [-0.05, 0) is 28.7 Å². The Morgan fingerprint density at radius 2 is 1.16 bits per heavy atom. The largest absolute Gasteiger partial charge is 0.376 e. The fourth-order valence-corrected chi connectivity index (χ4v) is 3.10. The minimum atomic E-state index is -1.13. The van der Waals surface area contributed by atoms with Gasteiger partial charge in [0.1, 0.15) is 5.60 Å². The van der Waals surface area contributed by atoms with E-state index in [1.165, 1.54) is 5.56 Å². The minimum Gasteiger partial charge on any atom is -0.376 e. The van der Waals surface area contributed by atoms with Crippen molar-refractivity contribution in [3.8, 4) is 0 Å². The van der Waals surface area contributed by atoms with Crippen LogP contribution in [0.2, 0.25) is 0 Å². The molecule has 0 aromatic heterocycles. The third kappa shape index (κ3) is 4.18. The summed E-state index contributed by atoms with van der Waals surface area (Å²) in [6, 6.07) is 28.1. The quantitative estimate of drug-likeness (QED) is 0.572. The smallest absolute Gasteiger partial charge is 0.140 e. The van der Waals surface area contributed by atoms with E-state index in [-0.39, 0.29) is 0 Å². The number of hydrogen-bond acceptors (Lipinski definition) is 1. The average Bonchev–Trinajstić information content (AvgIpc) is 2.71. The van der Waals surface area contributed by atoms with Crippen LogP contribution in [0, 0.1) is 0 Å². The Balaban J connectivity index is 0.00000109. The summed E-state index contributed by atoms with van der Waals surface area (Å²) >= 11 is 0. The van der Waals surface area contributed by atoms with Gasteiger partial charge in [-0.25, -0.2) is 0 Å². The number of aliphatic hydroxyl groups is 1. The van der Waals surface area contributed by atoms with Crippen molar-refractivity contribution in [2.45, 2.75) is 39.2 Å². The lowest BCUT2D eigenvalue weighted by Gasteiger charge is -2.30. The van der Waals surface area contributed by atoms with Crippen molar-refractivity contribution in [2.75, 3.05) is 0 Å². The molecular formula is C24H28O. The van der Waals surface area contributed by atoms with Gasteiger partial charge in [-0.3, -0.25) is 0 Å². The van der Waals surface area contributed by atoms with E-state index in [4.69, 9.17) is 0 Å². The van der Waals surface area contributed by atoms with Crippen LogP contribution >= 0.6 is 0 Å². The van der Waals surface area contributed by atoms with Gasteiger partial charge >= 0.3 is 0 Å². The summed E-state index contributed by atoms with van der Waals surface area (Å²) in [6.07, 6.45) is 2.12. The first-order valence-corrected chi connectivity index (χ1v) is 9.18. The second-order valence-electron chi connectivity index (χ2n) is 5.89. The van der Waals surface area contributed by atoms with E-state index in [0.29, 0.717) is 0 Å². The van der Waals surface area contributed by atoms with E-state index in [1.807, 2.05) is 86.6 Å². The Bertz CT molecular complexity index is 708. The van der Waals surface area contributed by atoms with Crippen LogP contribution < -0.4 is 0 Å². The topological polar surface area (TPSA) is 20.2 Å². The molecule has 0 fully saturated rings. The van der Waals surface area contributed by atoms with Crippen LogP contribution in [-0.2, 0) is 12.0 Å². The highest BCUT2D eigenvalue weighted by atomic mass is 16.3. The molecule has 25 heavy (non-hydrogen) atoms. The van der Waals surface area contributed by atoms with Crippen molar-refractivity contribution < 1.29 is 5.11 Å². The first kappa shape index (κ1) is 19.0. The van der Waals surface area contributed by atoms with Gasteiger partial charge in [-0.2, -0.15) is 0 Å². The van der Waals surface area contributed by atoms with Gasteiger partial charge in [0, 0.05) is 0 Å². The van der Waals surface area contributed by atoms with Crippen molar-refractivity contribution in [3.63, 3.8) is 0 Å². The number of hydrogen-bond donors (Lipinski definition) is 1. The third-order valence-electron chi connectivity index (χ3n) is 4.27. The molecule has 0 saturated heterocycles. The van der Waals surface area contributed by atoms with E-state index in [9.17, 15) is 5.11 Å². The predicted molar refractivity (Wildman–Crippen MR) is 107 cm³/mol. The second kappa shape index (κ2) is 9.19. The van der Waals surface area contributed by atoms with Gasteiger partial charge in [0.25, 0.3) is 0 Å². The van der Waals surface area contributed by atoms with E-state index < -0.39 is 5.60 Å². The highest BCUT2D eigenvalue weighted by Crippen LogP contribution is 2.36. The molecular weight excluding hydrogens is 304 g/mol. The van der Waals surface area contributed by atoms with Crippen molar-refractivity contribution >= 4 is 0 Å². The highest BCUT2D eigenvalue weighted by Gasteiger charge is 2.33. The van der Waals surface area contributed by atoms with Gasteiger partial charge in [0.15, 0.2) is 0 Å². The van der Waals surface area contributed by atoms with Crippen LogP contribution in [0.3, 0.4) is 0 Å². The van der Waals surface area contributed by atoms with Gasteiger partial charge in [0.2, 0.25) is 0 Å². The van der Waals surface area contributed by atoms with Crippen molar-refractivity contribution in [1.82, 2.24) is 0 Å². The molecule has 0 aliphatic heterocycles. The number of rotatable bonds is 5. The molecule has 0 amide bonds. The normalized spacial score (nSPS) is 10.7. The molecule has 0 aliphatic carbocycles. The third-order valence-corrected chi connectivity index (χ3v) is 4.27. The van der Waals surface area contributed by atoms with Crippen molar-refractivity contribution in [2.24, 2.45) is 0 Å². The molecule has 130 valence electrons. The van der Waals surface area contributed by atoms with Crippen molar-refractivity contribution in [1.29, 1.82) is 0 Å². The van der Waals surface area contributed by atoms with E-state index in [1.54, 1.807) is 0 Å². The van der Waals surface area contributed by atoms with Gasteiger partial charge in [-0.1, -0.05) is 112 Å². The van der Waals surface area contributed by atoms with Gasteiger partial charge in [0.05, 0.1) is 0 Å². The zero-order chi connectivity index (χ0) is 18.1. The maximum Gasteiger partial charge on any atom is 0.140 e. The molecule has 0 spiro atoms. The monoisotopic (exact) mass is 332 g/mol. The molecule has 3 aromatic carbocycles. The zero-order valence-corrected chi connectivity index (χ0v) is 15.4. The lowest BCUT2D eigenvalue weighted by Crippen LogP contribution is -2.28. The second-order valence-corrected chi connectivity index (χ2v) is 5.89. The first-order chi connectivity index (χ1) is 12.2. The Hall–Kier alpha value is -2.38. The van der Waals surface area contributed by atoms with Crippen LogP contribution in [0.1, 0.15) is 49.4 Å². The van der Waals surface area contributed by atoms with E-state index in [0.717, 1.165) is 29.5 Å². The molecule has 0 heterocycles. The molecule has 1 heteroatoms. The maximum absolute atomic E-state index is 11.7. The van der Waals surface area contributed by atoms with Crippen LogP contribution in [0.25, 0.3) is 0 Å². The first-order valence-electron chi connectivity index (χ1n) is 9.18. The average molecular weight is 332 g/mol. The summed E-state index contributed by atoms with van der Waals surface area (Å²) in [6.45, 7) is 6.17. The summed E-state index contributed by atoms with van der Waals surface area (Å²) < 4.78 is 0. The van der Waals surface area contributed by atoms with Crippen LogP contribution in [0.15, 0.2) is 84.9 Å². The maximum atomic E-state index is 11.7. The molecule has 1 N–H and O–H groups in total. The van der Waals surface area contributed by atoms with Crippen LogP contribution in [-0.4, -0.2) is 5.11 Å². The number of aryl methyl sites for hydroxylation is 1. The Morgan fingerprint density at radius 3 is 1.64 bits per heavy atom. The van der Waals surface area contributed by atoms with E-state index >= 15 is 0 Å². The molecule has 3 rings (SSSR count). The van der Waals surface area contributed by atoms with Crippen LogP contribution in [0.5, 0.6) is 0 Å². The summed E-state index contributed by atoms with van der Waals surface area (Å²) in [7, 11) is 0. The lowest BCUT2D eigenvalue weighted by molar-refractivity contribution is 0.125. The predicted octanol–water partition coefficient (Wildman–Crippen LogP) is 5.95. The van der Waals surface area contributed by atoms with Gasteiger partial charge in [-0.15, -0.1) is 0 Å². The molecule has 0 unspecified atom stereocenters. The molecule has 1 nitrogen and oxygen atoms in total. The SMILES string of the molecule is CC.CCCc1cccc(C(O)(c2ccccc2)c2ccccc2)c1. The van der Waals surface area contributed by atoms with Crippen molar-refractivity contribution in [3.05, 3.63) is 107 Å². The molecule has 0 saturated carbocycles. The molecule has 0 bridgehead atoms. The standard InChI is InChI=1S/C22H22O.C2H6/c1-2-10-18-11-9-16-21(17-18)22(23,19-12-5-3-6-13-19)20-14-7-4-8-15-20;1-2/h3-9,11-17,23H,2,10H2,1H3;1-2H3. The number of benzene rings is 3. The van der Waals surface area contributed by atoms with E-state index in [2.05, 4.69) is 19.1 Å². The molecule has 0 aliphatic rings. The molecule has 0 radical (unpaired) electrons. The summed E-state index contributed by atoms with van der Waals surface area (Å²) in [5.41, 5.74) is 2.82. The summed E-state index contributed by atoms with van der Waals surface area (Å²) in [4.78, 5) is 0. The molecule has 3 aromatic rings.